The number of hydrogen-bond donors (Lipinski definition) is 1. The zero-order valence-corrected chi connectivity index (χ0v) is 14.2. The summed E-state index contributed by atoms with van der Waals surface area (Å²) in [5.74, 6) is -1.47. The maximum absolute atomic E-state index is 13.0. The van der Waals surface area contributed by atoms with Crippen LogP contribution in [0.3, 0.4) is 0 Å². The average molecular weight is 334 g/mol. The number of rotatable bonds is 3. The first-order valence-corrected chi connectivity index (χ1v) is 8.79. The van der Waals surface area contributed by atoms with Crippen molar-refractivity contribution in [3.63, 3.8) is 0 Å². The van der Waals surface area contributed by atoms with Gasteiger partial charge in [-0.25, -0.2) is 8.78 Å². The quantitative estimate of drug-likeness (QED) is 0.900. The first-order valence-electron chi connectivity index (χ1n) is 8.79. The van der Waals surface area contributed by atoms with Crippen molar-refractivity contribution in [1.29, 1.82) is 0 Å². The number of nitrogens with zero attached hydrogens (tertiary/aromatic N) is 1. The molecule has 1 saturated heterocycles. The first kappa shape index (κ1) is 15.9. The number of fused-ring (bicyclic) bond motifs is 1. The van der Waals surface area contributed by atoms with E-state index in [0.717, 1.165) is 48.1 Å². The fourth-order valence-electron chi connectivity index (χ4n) is 4.13. The molecule has 0 amide bonds. The molecule has 1 aromatic carbocycles. The van der Waals surface area contributed by atoms with Crippen molar-refractivity contribution < 1.29 is 13.5 Å². The van der Waals surface area contributed by atoms with Crippen molar-refractivity contribution in [2.75, 3.05) is 13.1 Å². The van der Waals surface area contributed by atoms with Gasteiger partial charge in [0.05, 0.1) is 5.52 Å². The minimum Gasteiger partial charge on any atom is -0.489 e. The second-order valence-corrected chi connectivity index (χ2v) is 7.38. The van der Waals surface area contributed by atoms with E-state index in [4.69, 9.17) is 4.74 Å². The first-order chi connectivity index (χ1) is 11.4. The Balaban J connectivity index is 1.42. The Hall–Kier alpha value is -1.62. The summed E-state index contributed by atoms with van der Waals surface area (Å²) in [6.45, 7) is 5.89. The van der Waals surface area contributed by atoms with Crippen LogP contribution in [0, 0.1) is 13.8 Å². The number of nitrogens with one attached hydrogen (secondary N) is 1. The van der Waals surface area contributed by atoms with Gasteiger partial charge in [-0.3, -0.25) is 4.90 Å². The third kappa shape index (κ3) is 2.79. The van der Waals surface area contributed by atoms with E-state index in [1.165, 1.54) is 5.56 Å². The number of aromatic amines is 1. The lowest BCUT2D eigenvalue weighted by molar-refractivity contribution is -0.129. The molecule has 130 valence electrons. The van der Waals surface area contributed by atoms with Gasteiger partial charge in [0, 0.05) is 43.6 Å². The summed E-state index contributed by atoms with van der Waals surface area (Å²) in [5.41, 5.74) is 3.51. The molecule has 3 nitrogen and oxygen atoms in total. The van der Waals surface area contributed by atoms with Crippen LogP contribution in [0.15, 0.2) is 18.3 Å². The Morgan fingerprint density at radius 3 is 2.54 bits per heavy atom. The molecule has 2 aromatic rings. The SMILES string of the molecule is Cc1cc(C)c2[nH]ccc2c1OC1CCN(C2CC(F)(F)C2)CC1. The molecule has 4 rings (SSSR count). The molecule has 0 unspecified atom stereocenters. The highest BCUT2D eigenvalue weighted by atomic mass is 19.3. The molecule has 1 aromatic heterocycles. The van der Waals surface area contributed by atoms with E-state index in [1.54, 1.807) is 0 Å². The standard InChI is InChI=1S/C19H24F2N2O/c1-12-9-13(2)18(16-3-6-22-17(12)16)24-15-4-7-23(8-5-15)14-10-19(20,21)11-14/h3,6,9,14-15,22H,4-5,7-8,10-11H2,1-2H3. The van der Waals surface area contributed by atoms with E-state index in [1.807, 2.05) is 6.20 Å². The largest absolute Gasteiger partial charge is 0.489 e. The zero-order valence-electron chi connectivity index (χ0n) is 14.2. The van der Waals surface area contributed by atoms with Gasteiger partial charge in [0.25, 0.3) is 5.92 Å². The van der Waals surface area contributed by atoms with Gasteiger partial charge in [-0.1, -0.05) is 6.07 Å². The second-order valence-electron chi connectivity index (χ2n) is 7.38. The number of ether oxygens (including phenoxy) is 1. The predicted octanol–water partition coefficient (Wildman–Crippen LogP) is 4.43. The predicted molar refractivity (Wildman–Crippen MR) is 91.0 cm³/mol. The number of benzene rings is 1. The Morgan fingerprint density at radius 2 is 1.88 bits per heavy atom. The van der Waals surface area contributed by atoms with Crippen LogP contribution in [0.25, 0.3) is 10.9 Å². The van der Waals surface area contributed by atoms with E-state index >= 15 is 0 Å². The van der Waals surface area contributed by atoms with E-state index in [-0.39, 0.29) is 25.0 Å². The van der Waals surface area contributed by atoms with Gasteiger partial charge in [0.1, 0.15) is 11.9 Å². The third-order valence-electron chi connectivity index (χ3n) is 5.52. The van der Waals surface area contributed by atoms with Crippen molar-refractivity contribution in [3.05, 3.63) is 29.5 Å². The monoisotopic (exact) mass is 334 g/mol. The van der Waals surface area contributed by atoms with Crippen LogP contribution in [0.2, 0.25) is 0 Å². The molecule has 1 saturated carbocycles. The van der Waals surface area contributed by atoms with Crippen molar-refractivity contribution in [2.24, 2.45) is 0 Å². The van der Waals surface area contributed by atoms with Crippen LogP contribution in [-0.4, -0.2) is 41.0 Å². The van der Waals surface area contributed by atoms with Crippen LogP contribution in [0.1, 0.15) is 36.8 Å². The Bertz CT molecular complexity index is 739. The van der Waals surface area contributed by atoms with Crippen LogP contribution < -0.4 is 4.74 Å². The Labute approximate surface area is 141 Å². The highest BCUT2D eigenvalue weighted by molar-refractivity contribution is 5.89. The molecule has 1 N–H and O–H groups in total. The van der Waals surface area contributed by atoms with E-state index in [2.05, 4.69) is 35.9 Å². The van der Waals surface area contributed by atoms with Crippen molar-refractivity contribution in [2.45, 2.75) is 57.6 Å². The number of aromatic nitrogens is 1. The molecule has 24 heavy (non-hydrogen) atoms. The summed E-state index contributed by atoms with van der Waals surface area (Å²) >= 11 is 0. The number of halogens is 2. The summed E-state index contributed by atoms with van der Waals surface area (Å²) in [5, 5.41) is 1.13. The lowest BCUT2D eigenvalue weighted by Crippen LogP contribution is -2.53. The Kier molecular flexibility index (Phi) is 3.79. The molecule has 1 aliphatic carbocycles. The highest BCUT2D eigenvalue weighted by Gasteiger charge is 2.48. The molecule has 0 spiro atoms. The Morgan fingerprint density at radius 1 is 1.17 bits per heavy atom. The second kappa shape index (κ2) is 5.73. The van der Waals surface area contributed by atoms with Crippen LogP contribution in [0.5, 0.6) is 5.75 Å². The molecule has 0 bridgehead atoms. The van der Waals surface area contributed by atoms with Crippen LogP contribution in [0.4, 0.5) is 8.78 Å². The molecule has 5 heteroatoms. The van der Waals surface area contributed by atoms with Gasteiger partial charge in [-0.05, 0) is 43.9 Å². The number of aryl methyl sites for hydroxylation is 2. The minimum absolute atomic E-state index is 0.0273. The smallest absolute Gasteiger partial charge is 0.251 e. The summed E-state index contributed by atoms with van der Waals surface area (Å²) < 4.78 is 32.4. The van der Waals surface area contributed by atoms with E-state index in [0.29, 0.717) is 0 Å². The lowest BCUT2D eigenvalue weighted by atomic mass is 9.85. The maximum atomic E-state index is 13.0. The lowest BCUT2D eigenvalue weighted by Gasteiger charge is -2.45. The normalized spacial score (nSPS) is 22.7. The number of alkyl halides is 2. The number of likely N-dealkylation sites (tertiary alicyclic amines) is 1. The van der Waals surface area contributed by atoms with Gasteiger partial charge >= 0.3 is 0 Å². The van der Waals surface area contributed by atoms with Crippen molar-refractivity contribution in [1.82, 2.24) is 9.88 Å². The van der Waals surface area contributed by atoms with Gasteiger partial charge in [0.2, 0.25) is 0 Å². The summed E-state index contributed by atoms with van der Waals surface area (Å²) in [7, 11) is 0. The minimum atomic E-state index is -2.43. The van der Waals surface area contributed by atoms with Gasteiger partial charge in [-0.15, -0.1) is 0 Å². The molecule has 1 aliphatic heterocycles. The van der Waals surface area contributed by atoms with Crippen LogP contribution in [-0.2, 0) is 0 Å². The molecular formula is C19H24F2N2O. The molecule has 2 heterocycles. The highest BCUT2D eigenvalue weighted by Crippen LogP contribution is 2.41. The van der Waals surface area contributed by atoms with Crippen molar-refractivity contribution in [3.8, 4) is 5.75 Å². The molecular weight excluding hydrogens is 310 g/mol. The number of piperidine rings is 1. The number of H-pyrrole nitrogens is 1. The molecule has 0 atom stereocenters. The fraction of sp³-hybridized carbons (Fsp3) is 0.579. The maximum Gasteiger partial charge on any atom is 0.251 e. The van der Waals surface area contributed by atoms with E-state index in [9.17, 15) is 8.78 Å². The van der Waals surface area contributed by atoms with Gasteiger partial charge < -0.3 is 9.72 Å². The summed E-state index contributed by atoms with van der Waals surface area (Å²) in [6.07, 6.45) is 3.98. The topological polar surface area (TPSA) is 28.3 Å². The third-order valence-corrected chi connectivity index (χ3v) is 5.52. The molecule has 0 radical (unpaired) electrons. The van der Waals surface area contributed by atoms with Gasteiger partial charge in [-0.2, -0.15) is 0 Å². The van der Waals surface area contributed by atoms with Gasteiger partial charge in [0.15, 0.2) is 0 Å². The number of hydrogen-bond acceptors (Lipinski definition) is 2. The fourth-order valence-corrected chi connectivity index (χ4v) is 4.13. The zero-order chi connectivity index (χ0) is 16.9. The van der Waals surface area contributed by atoms with Crippen LogP contribution >= 0.6 is 0 Å². The molecule has 2 aliphatic rings. The average Bonchev–Trinajstić information content (AvgIpc) is 3.00. The van der Waals surface area contributed by atoms with E-state index < -0.39 is 5.92 Å². The summed E-state index contributed by atoms with van der Waals surface area (Å²) in [4.78, 5) is 5.49. The summed E-state index contributed by atoms with van der Waals surface area (Å²) in [6, 6.07) is 4.29. The van der Waals surface area contributed by atoms with Crippen molar-refractivity contribution >= 4 is 10.9 Å². The molecule has 2 fully saturated rings.